The van der Waals surface area contributed by atoms with Gasteiger partial charge in [0, 0.05) is 30.2 Å². The number of rotatable bonds is 2. The molecule has 0 bridgehead atoms. The van der Waals surface area contributed by atoms with Gasteiger partial charge in [-0.15, -0.1) is 11.3 Å². The molecule has 0 aromatic carbocycles. The number of allylic oxidation sites excluding steroid dienone is 2. The molecule has 0 atom stereocenters. The highest BCUT2D eigenvalue weighted by Gasteiger charge is 2.11. The van der Waals surface area contributed by atoms with Crippen molar-refractivity contribution < 1.29 is 4.39 Å². The minimum absolute atomic E-state index is 0.478. The molecule has 0 N–H and O–H groups in total. The lowest BCUT2D eigenvalue weighted by Gasteiger charge is -2.18. The smallest absolute Gasteiger partial charge is 0.212 e. The highest BCUT2D eigenvalue weighted by atomic mass is 32.1. The summed E-state index contributed by atoms with van der Waals surface area (Å²) in [5.74, 6) is -0.478. The summed E-state index contributed by atoms with van der Waals surface area (Å²) < 4.78 is 14.1. The summed E-state index contributed by atoms with van der Waals surface area (Å²) in [5.41, 5.74) is 3.89. The van der Waals surface area contributed by atoms with Crippen LogP contribution in [0.3, 0.4) is 0 Å². The standard InChI is InChI=1S/C18H14FN3S/c1-22-8-2-3-13(11-22)17-9-15-16(23-17)6-5-14(21-15)12-4-7-18(19)20-10-12/h2-10H,11H2,1H3. The lowest BCUT2D eigenvalue weighted by Crippen LogP contribution is -2.15. The van der Waals surface area contributed by atoms with Crippen LogP contribution in [-0.4, -0.2) is 28.5 Å². The van der Waals surface area contributed by atoms with Gasteiger partial charge in [0.1, 0.15) is 0 Å². The van der Waals surface area contributed by atoms with Crippen molar-refractivity contribution in [3.63, 3.8) is 0 Å². The van der Waals surface area contributed by atoms with Gasteiger partial charge < -0.3 is 4.90 Å². The second-order valence-corrected chi connectivity index (χ2v) is 6.59. The fraction of sp³-hybridized carbons (Fsp3) is 0.111. The fourth-order valence-electron chi connectivity index (χ4n) is 2.61. The Labute approximate surface area is 137 Å². The average molecular weight is 323 g/mol. The molecule has 4 heterocycles. The van der Waals surface area contributed by atoms with Crippen LogP contribution in [0.15, 0.2) is 54.9 Å². The molecule has 0 saturated carbocycles. The van der Waals surface area contributed by atoms with Crippen LogP contribution in [0, 0.1) is 5.95 Å². The Morgan fingerprint density at radius 3 is 2.91 bits per heavy atom. The third-order valence-corrected chi connectivity index (χ3v) is 4.94. The fourth-order valence-corrected chi connectivity index (χ4v) is 3.63. The Morgan fingerprint density at radius 1 is 1.22 bits per heavy atom. The topological polar surface area (TPSA) is 29.0 Å². The van der Waals surface area contributed by atoms with E-state index in [1.807, 2.05) is 6.07 Å². The van der Waals surface area contributed by atoms with Crippen LogP contribution in [0.5, 0.6) is 0 Å². The first-order valence-corrected chi connectivity index (χ1v) is 8.11. The Kier molecular flexibility index (Phi) is 3.42. The minimum atomic E-state index is -0.478. The van der Waals surface area contributed by atoms with Crippen molar-refractivity contribution in [1.29, 1.82) is 0 Å². The van der Waals surface area contributed by atoms with E-state index < -0.39 is 5.95 Å². The van der Waals surface area contributed by atoms with Gasteiger partial charge in [0.25, 0.3) is 0 Å². The van der Waals surface area contributed by atoms with Gasteiger partial charge in [0.05, 0.1) is 15.9 Å². The van der Waals surface area contributed by atoms with Gasteiger partial charge >= 0.3 is 0 Å². The third-order valence-electron chi connectivity index (χ3n) is 3.77. The van der Waals surface area contributed by atoms with E-state index in [-0.39, 0.29) is 0 Å². The molecule has 0 fully saturated rings. The Bertz CT molecular complexity index is 925. The summed E-state index contributed by atoms with van der Waals surface area (Å²) in [4.78, 5) is 11.8. The maximum atomic E-state index is 13.0. The second-order valence-electron chi connectivity index (χ2n) is 5.51. The first-order valence-electron chi connectivity index (χ1n) is 7.29. The summed E-state index contributed by atoms with van der Waals surface area (Å²) in [7, 11) is 2.06. The zero-order valence-corrected chi connectivity index (χ0v) is 13.3. The van der Waals surface area contributed by atoms with Crippen LogP contribution in [0.25, 0.3) is 27.0 Å². The third kappa shape index (κ3) is 2.75. The highest BCUT2D eigenvalue weighted by Crippen LogP contribution is 2.32. The first kappa shape index (κ1) is 14.1. The van der Waals surface area contributed by atoms with Crippen LogP contribution in [0.4, 0.5) is 4.39 Å². The maximum absolute atomic E-state index is 13.0. The van der Waals surface area contributed by atoms with Crippen LogP contribution in [-0.2, 0) is 0 Å². The number of halogens is 1. The number of pyridine rings is 2. The molecule has 0 amide bonds. The molecule has 114 valence electrons. The van der Waals surface area contributed by atoms with E-state index in [1.165, 1.54) is 22.7 Å². The second kappa shape index (κ2) is 5.59. The van der Waals surface area contributed by atoms with Gasteiger partial charge in [-0.2, -0.15) is 4.39 Å². The van der Waals surface area contributed by atoms with Gasteiger partial charge in [0.2, 0.25) is 5.95 Å². The Hall–Kier alpha value is -2.53. The molecule has 0 aliphatic carbocycles. The molecule has 0 radical (unpaired) electrons. The van der Waals surface area contributed by atoms with Crippen molar-refractivity contribution >= 4 is 27.1 Å². The summed E-state index contributed by atoms with van der Waals surface area (Å²) >= 11 is 1.75. The van der Waals surface area contributed by atoms with E-state index in [0.29, 0.717) is 0 Å². The number of hydrogen-bond donors (Lipinski definition) is 0. The van der Waals surface area contributed by atoms with E-state index >= 15 is 0 Å². The van der Waals surface area contributed by atoms with Crippen molar-refractivity contribution in [2.24, 2.45) is 0 Å². The summed E-state index contributed by atoms with van der Waals surface area (Å²) in [5, 5.41) is 0. The lowest BCUT2D eigenvalue weighted by molar-refractivity contribution is 0.513. The van der Waals surface area contributed by atoms with Gasteiger partial charge in [-0.05, 0) is 48.2 Å². The van der Waals surface area contributed by atoms with Crippen LogP contribution < -0.4 is 0 Å². The summed E-state index contributed by atoms with van der Waals surface area (Å²) in [6.07, 6.45) is 7.79. The van der Waals surface area contributed by atoms with Crippen molar-refractivity contribution in [2.75, 3.05) is 13.6 Å². The van der Waals surface area contributed by atoms with E-state index in [9.17, 15) is 4.39 Å². The Morgan fingerprint density at radius 2 is 2.13 bits per heavy atom. The maximum Gasteiger partial charge on any atom is 0.212 e. The molecule has 0 unspecified atom stereocenters. The molecule has 3 aromatic heterocycles. The molecule has 1 aliphatic rings. The first-order chi connectivity index (χ1) is 11.2. The molecule has 3 aromatic rings. The number of fused-ring (bicyclic) bond motifs is 1. The number of thiophene rings is 1. The lowest BCUT2D eigenvalue weighted by atomic mass is 10.1. The quantitative estimate of drug-likeness (QED) is 0.657. The molecule has 3 nitrogen and oxygen atoms in total. The molecule has 0 spiro atoms. The average Bonchev–Trinajstić information content (AvgIpc) is 2.99. The largest absolute Gasteiger partial charge is 0.376 e. The van der Waals surface area contributed by atoms with Gasteiger partial charge in [-0.3, -0.25) is 0 Å². The zero-order chi connectivity index (χ0) is 15.8. The predicted octanol–water partition coefficient (Wildman–Crippen LogP) is 4.34. The number of likely N-dealkylation sites (N-methyl/N-ethyl adjacent to an activating group) is 1. The summed E-state index contributed by atoms with van der Waals surface area (Å²) in [6.45, 7) is 0.901. The Balaban J connectivity index is 1.74. The van der Waals surface area contributed by atoms with Crippen LogP contribution in [0.2, 0.25) is 0 Å². The van der Waals surface area contributed by atoms with E-state index in [2.05, 4.69) is 47.4 Å². The van der Waals surface area contributed by atoms with Gasteiger partial charge in [0.15, 0.2) is 0 Å². The van der Waals surface area contributed by atoms with Crippen molar-refractivity contribution in [1.82, 2.24) is 14.9 Å². The molecule has 1 aliphatic heterocycles. The minimum Gasteiger partial charge on any atom is -0.376 e. The molecular weight excluding hydrogens is 309 g/mol. The van der Waals surface area contributed by atoms with Crippen molar-refractivity contribution in [3.05, 3.63) is 65.7 Å². The van der Waals surface area contributed by atoms with Crippen LogP contribution in [0.1, 0.15) is 4.88 Å². The van der Waals surface area contributed by atoms with Crippen LogP contribution >= 0.6 is 11.3 Å². The van der Waals surface area contributed by atoms with E-state index in [1.54, 1.807) is 17.4 Å². The molecule has 23 heavy (non-hydrogen) atoms. The zero-order valence-electron chi connectivity index (χ0n) is 12.5. The van der Waals surface area contributed by atoms with Crippen molar-refractivity contribution in [2.45, 2.75) is 0 Å². The molecule has 4 rings (SSSR count). The summed E-state index contributed by atoms with van der Waals surface area (Å²) in [6, 6.07) is 9.21. The monoisotopic (exact) mass is 323 g/mol. The van der Waals surface area contributed by atoms with E-state index in [4.69, 9.17) is 4.98 Å². The SMILES string of the molecule is CN1C=CC=C(c2cc3nc(-c4ccc(F)nc4)ccc3s2)C1. The van der Waals surface area contributed by atoms with Gasteiger partial charge in [-0.1, -0.05) is 6.08 Å². The normalized spacial score (nSPS) is 14.3. The number of aromatic nitrogens is 2. The highest BCUT2D eigenvalue weighted by molar-refractivity contribution is 7.20. The van der Waals surface area contributed by atoms with Crippen molar-refractivity contribution in [3.8, 4) is 11.3 Å². The predicted molar refractivity (Wildman–Crippen MR) is 92.6 cm³/mol. The molecule has 5 heteroatoms. The number of hydrogen-bond acceptors (Lipinski definition) is 4. The number of nitrogens with zero attached hydrogens (tertiary/aromatic N) is 3. The van der Waals surface area contributed by atoms with Gasteiger partial charge in [-0.25, -0.2) is 9.97 Å². The van der Waals surface area contributed by atoms with E-state index in [0.717, 1.165) is 28.0 Å². The molecular formula is C18H14FN3S. The molecule has 0 saturated heterocycles.